The maximum Gasteiger partial charge on any atom is 0.271 e. The van der Waals surface area contributed by atoms with Crippen LogP contribution in [0.2, 0.25) is 0 Å². The fourth-order valence-corrected chi connectivity index (χ4v) is 4.68. The average Bonchev–Trinajstić information content (AvgIpc) is 3.43. The Morgan fingerprint density at radius 3 is 2.27 bits per heavy atom. The number of nitriles is 1. The number of unbranched alkanes of at least 4 members (excludes halogenated alkanes) is 1. The van der Waals surface area contributed by atoms with Crippen LogP contribution in [-0.4, -0.2) is 33.0 Å². The van der Waals surface area contributed by atoms with E-state index in [2.05, 4.69) is 0 Å². The van der Waals surface area contributed by atoms with Gasteiger partial charge in [-0.2, -0.15) is 10.4 Å². The third-order valence-electron chi connectivity index (χ3n) is 7.00. The number of amides is 2. The molecule has 0 aliphatic carbocycles. The van der Waals surface area contributed by atoms with Crippen molar-refractivity contribution in [3.05, 3.63) is 119 Å². The predicted molar refractivity (Wildman–Crippen MR) is 158 cm³/mol. The summed E-state index contributed by atoms with van der Waals surface area (Å²) in [6, 6.07) is 29.3. The molecule has 5 rings (SSSR count). The molecule has 1 aliphatic heterocycles. The van der Waals surface area contributed by atoms with Gasteiger partial charge in [0.25, 0.3) is 11.8 Å². The zero-order valence-electron chi connectivity index (χ0n) is 23.1. The van der Waals surface area contributed by atoms with E-state index in [9.17, 15) is 14.9 Å². The van der Waals surface area contributed by atoms with Crippen molar-refractivity contribution in [3.63, 3.8) is 0 Å². The number of ether oxygens (including phenoxy) is 1. The summed E-state index contributed by atoms with van der Waals surface area (Å²) >= 11 is 0. The SMILES string of the molecule is CCCCN1C(=O)C(C#N)=C(C)/C(=C\c2cn(-c3ccccc3)nc2-c2ccc(OCc3ccccc3)cc2)C1=O. The Kier molecular flexibility index (Phi) is 8.21. The number of nitrogens with zero attached hydrogens (tertiary/aromatic N) is 4. The quantitative estimate of drug-likeness (QED) is 0.178. The number of benzene rings is 3. The van der Waals surface area contributed by atoms with Crippen LogP contribution < -0.4 is 4.74 Å². The van der Waals surface area contributed by atoms with Gasteiger partial charge in [0.15, 0.2) is 0 Å². The minimum atomic E-state index is -0.535. The molecule has 2 amide bonds. The standard InChI is InChI=1S/C34H30N4O3/c1-3-4-19-37-33(39)30(24(2)31(21-35)34(37)40)20-27-22-38(28-13-9-6-10-14-28)36-32(27)26-15-17-29(18-16-26)41-23-25-11-7-5-8-12-25/h5-18,20,22H,3-4,19,23H2,1-2H3/b30-20+. The van der Waals surface area contributed by atoms with Gasteiger partial charge in [0.05, 0.1) is 11.4 Å². The summed E-state index contributed by atoms with van der Waals surface area (Å²) in [5.74, 6) is -0.208. The molecule has 7 nitrogen and oxygen atoms in total. The molecule has 0 atom stereocenters. The first-order valence-electron chi connectivity index (χ1n) is 13.6. The highest BCUT2D eigenvalue weighted by Crippen LogP contribution is 2.32. The van der Waals surface area contributed by atoms with E-state index in [0.717, 1.165) is 29.0 Å². The molecule has 2 heterocycles. The Morgan fingerprint density at radius 2 is 1.61 bits per heavy atom. The Hall–Kier alpha value is -5.22. The van der Waals surface area contributed by atoms with Crippen molar-refractivity contribution in [1.29, 1.82) is 5.26 Å². The Morgan fingerprint density at radius 1 is 0.927 bits per heavy atom. The monoisotopic (exact) mass is 542 g/mol. The molecule has 204 valence electrons. The molecule has 3 aromatic carbocycles. The third-order valence-corrected chi connectivity index (χ3v) is 7.00. The fraction of sp³-hybridized carbons (Fsp3) is 0.176. The van der Waals surface area contributed by atoms with Crippen molar-refractivity contribution in [2.24, 2.45) is 0 Å². The van der Waals surface area contributed by atoms with E-state index in [1.807, 2.05) is 104 Å². The van der Waals surface area contributed by atoms with Crippen LogP contribution in [0.5, 0.6) is 5.75 Å². The number of imide groups is 1. The minimum Gasteiger partial charge on any atom is -0.489 e. The van der Waals surface area contributed by atoms with E-state index in [-0.39, 0.29) is 12.1 Å². The van der Waals surface area contributed by atoms with Gasteiger partial charge in [0.2, 0.25) is 0 Å². The van der Waals surface area contributed by atoms with Crippen LogP contribution in [0.1, 0.15) is 37.8 Å². The molecule has 0 saturated carbocycles. The molecule has 1 aliphatic rings. The molecule has 41 heavy (non-hydrogen) atoms. The van der Waals surface area contributed by atoms with Gasteiger partial charge in [-0.3, -0.25) is 14.5 Å². The van der Waals surface area contributed by atoms with E-state index in [1.54, 1.807) is 17.7 Å². The average molecular weight is 543 g/mol. The van der Waals surface area contributed by atoms with E-state index < -0.39 is 11.8 Å². The van der Waals surface area contributed by atoms with Gasteiger partial charge in [0, 0.05) is 29.4 Å². The highest BCUT2D eigenvalue weighted by molar-refractivity contribution is 6.19. The Bertz CT molecular complexity index is 1660. The highest BCUT2D eigenvalue weighted by atomic mass is 16.5. The Labute approximate surface area is 239 Å². The normalized spacial score (nSPS) is 14.5. The fourth-order valence-electron chi connectivity index (χ4n) is 4.68. The first-order chi connectivity index (χ1) is 20.0. The second-order valence-corrected chi connectivity index (χ2v) is 9.80. The molecule has 0 bridgehead atoms. The molecule has 1 aromatic heterocycles. The van der Waals surface area contributed by atoms with Crippen molar-refractivity contribution in [2.75, 3.05) is 6.54 Å². The molecule has 0 radical (unpaired) electrons. The van der Waals surface area contributed by atoms with Crippen LogP contribution in [0.25, 0.3) is 23.0 Å². The first kappa shape index (κ1) is 27.4. The summed E-state index contributed by atoms with van der Waals surface area (Å²) in [7, 11) is 0. The van der Waals surface area contributed by atoms with E-state index in [0.29, 0.717) is 35.4 Å². The molecular weight excluding hydrogens is 512 g/mol. The smallest absolute Gasteiger partial charge is 0.271 e. The van der Waals surface area contributed by atoms with Crippen LogP contribution in [0.3, 0.4) is 0 Å². The minimum absolute atomic E-state index is 0.0103. The molecule has 7 heteroatoms. The summed E-state index contributed by atoms with van der Waals surface area (Å²) in [5, 5.41) is 14.6. The number of para-hydroxylation sites is 1. The van der Waals surface area contributed by atoms with Crippen LogP contribution >= 0.6 is 0 Å². The van der Waals surface area contributed by atoms with Gasteiger partial charge in [-0.25, -0.2) is 4.68 Å². The van der Waals surface area contributed by atoms with E-state index in [4.69, 9.17) is 9.84 Å². The molecule has 0 spiro atoms. The highest BCUT2D eigenvalue weighted by Gasteiger charge is 2.35. The summed E-state index contributed by atoms with van der Waals surface area (Å²) in [6.45, 7) is 4.37. The largest absolute Gasteiger partial charge is 0.489 e. The Balaban J connectivity index is 1.54. The predicted octanol–water partition coefficient (Wildman–Crippen LogP) is 6.51. The number of carbonyl (C=O) groups excluding carboxylic acids is 2. The van der Waals surface area contributed by atoms with Gasteiger partial charge >= 0.3 is 0 Å². The second-order valence-electron chi connectivity index (χ2n) is 9.80. The van der Waals surface area contributed by atoms with Gasteiger partial charge < -0.3 is 4.74 Å². The summed E-state index contributed by atoms with van der Waals surface area (Å²) in [4.78, 5) is 27.6. The zero-order chi connectivity index (χ0) is 28.8. The van der Waals surface area contributed by atoms with Crippen molar-refractivity contribution >= 4 is 17.9 Å². The molecule has 0 fully saturated rings. The summed E-state index contributed by atoms with van der Waals surface area (Å²) < 4.78 is 7.72. The lowest BCUT2D eigenvalue weighted by atomic mass is 9.93. The lowest BCUT2D eigenvalue weighted by Crippen LogP contribution is -2.43. The van der Waals surface area contributed by atoms with E-state index in [1.165, 1.54) is 4.90 Å². The lowest BCUT2D eigenvalue weighted by Gasteiger charge is -2.27. The van der Waals surface area contributed by atoms with Crippen LogP contribution in [0, 0.1) is 11.3 Å². The lowest BCUT2D eigenvalue weighted by molar-refractivity contribution is -0.140. The maximum atomic E-state index is 13.5. The van der Waals surface area contributed by atoms with E-state index >= 15 is 0 Å². The van der Waals surface area contributed by atoms with Crippen molar-refractivity contribution in [3.8, 4) is 28.8 Å². The third kappa shape index (κ3) is 5.87. The van der Waals surface area contributed by atoms with Crippen molar-refractivity contribution in [1.82, 2.24) is 14.7 Å². The number of hydrogen-bond acceptors (Lipinski definition) is 5. The summed E-state index contributed by atoms with van der Waals surface area (Å²) in [6.07, 6.45) is 5.08. The number of aromatic nitrogens is 2. The second kappa shape index (κ2) is 12.3. The van der Waals surface area contributed by atoms with Gasteiger partial charge in [-0.15, -0.1) is 0 Å². The number of rotatable bonds is 9. The number of carbonyl (C=O) groups is 2. The van der Waals surface area contributed by atoms with Gasteiger partial charge in [-0.05, 0) is 67.0 Å². The van der Waals surface area contributed by atoms with Crippen molar-refractivity contribution < 1.29 is 14.3 Å². The topological polar surface area (TPSA) is 88.2 Å². The van der Waals surface area contributed by atoms with Gasteiger partial charge in [-0.1, -0.05) is 61.9 Å². The first-order valence-corrected chi connectivity index (χ1v) is 13.6. The molecular formula is C34H30N4O3. The van der Waals surface area contributed by atoms with Crippen molar-refractivity contribution in [2.45, 2.75) is 33.3 Å². The van der Waals surface area contributed by atoms with Crippen LogP contribution in [-0.2, 0) is 16.2 Å². The molecule has 0 saturated heterocycles. The summed E-state index contributed by atoms with van der Waals surface area (Å²) in [5.41, 5.74) is 4.81. The zero-order valence-corrected chi connectivity index (χ0v) is 23.1. The van der Waals surface area contributed by atoms with Crippen LogP contribution in [0.15, 0.2) is 108 Å². The molecule has 0 N–H and O–H groups in total. The molecule has 4 aromatic rings. The number of hydrogen-bond donors (Lipinski definition) is 0. The van der Waals surface area contributed by atoms with Gasteiger partial charge in [0.1, 0.15) is 24.0 Å². The molecule has 0 unspecified atom stereocenters. The maximum absolute atomic E-state index is 13.5. The van der Waals surface area contributed by atoms with Crippen LogP contribution in [0.4, 0.5) is 0 Å².